The molecule has 2 aliphatic rings. The van der Waals surface area contributed by atoms with E-state index < -0.39 is 0 Å². The summed E-state index contributed by atoms with van der Waals surface area (Å²) in [4.78, 5) is 28.0. The molecule has 0 saturated carbocycles. The van der Waals surface area contributed by atoms with Gasteiger partial charge in [-0.25, -0.2) is 4.98 Å². The Morgan fingerprint density at radius 2 is 2.03 bits per heavy atom. The summed E-state index contributed by atoms with van der Waals surface area (Å²) in [5, 5.41) is 4.04. The average molecular weight is 419 g/mol. The lowest BCUT2D eigenvalue weighted by molar-refractivity contribution is -0.131. The van der Waals surface area contributed by atoms with Gasteiger partial charge in [0.05, 0.1) is 0 Å². The summed E-state index contributed by atoms with van der Waals surface area (Å²) >= 11 is 2.06. The van der Waals surface area contributed by atoms with Gasteiger partial charge in [-0.15, -0.1) is 0 Å². The highest BCUT2D eigenvalue weighted by atomic mass is 32.2. The van der Waals surface area contributed by atoms with E-state index in [0.717, 1.165) is 56.8 Å². The number of aromatic nitrogens is 1. The number of piperazine rings is 1. The molecule has 0 aliphatic carbocycles. The lowest BCUT2D eigenvalue weighted by Crippen LogP contribution is -2.51. The highest BCUT2D eigenvalue weighted by Crippen LogP contribution is 2.24. The summed E-state index contributed by atoms with van der Waals surface area (Å²) in [6.45, 7) is 10.4. The molecule has 2 fully saturated rings. The number of amides is 1. The molecule has 0 spiro atoms. The molecule has 1 amide bonds. The zero-order chi connectivity index (χ0) is 20.6. The summed E-state index contributed by atoms with van der Waals surface area (Å²) in [7, 11) is 1.83. The molecule has 8 heteroatoms. The van der Waals surface area contributed by atoms with Crippen LogP contribution >= 0.6 is 11.8 Å². The van der Waals surface area contributed by atoms with Crippen LogP contribution in [0.15, 0.2) is 29.4 Å². The third-order valence-corrected chi connectivity index (χ3v) is 7.12. The van der Waals surface area contributed by atoms with Crippen LogP contribution in [0.3, 0.4) is 0 Å². The van der Waals surface area contributed by atoms with E-state index >= 15 is 0 Å². The maximum Gasteiger partial charge on any atom is 0.224 e. The number of guanidine groups is 1. The SMILES string of the molecule is CN=C(NCCC(=O)N1CCN(c2ccccn2)CC1)N1CCSC(C(C)C)C1. The maximum atomic E-state index is 12.6. The molecule has 2 saturated heterocycles. The molecule has 0 radical (unpaired) electrons. The third kappa shape index (κ3) is 6.01. The van der Waals surface area contributed by atoms with E-state index in [0.29, 0.717) is 24.1 Å². The standard InChI is InChI=1S/C21H34N6OS/c1-17(2)18-16-27(14-15-29-18)21(22-3)24-9-7-20(28)26-12-10-25(11-13-26)19-6-4-5-8-23-19/h4-6,8,17-18H,7,9-16H2,1-3H3,(H,22,24). The first-order chi connectivity index (χ1) is 14.1. The van der Waals surface area contributed by atoms with Crippen molar-refractivity contribution in [1.29, 1.82) is 0 Å². The number of aliphatic imine (C=N–C) groups is 1. The number of nitrogens with one attached hydrogen (secondary N) is 1. The van der Waals surface area contributed by atoms with Gasteiger partial charge in [0.15, 0.2) is 5.96 Å². The van der Waals surface area contributed by atoms with Crippen molar-refractivity contribution in [3.05, 3.63) is 24.4 Å². The lowest BCUT2D eigenvalue weighted by Gasteiger charge is -2.37. The van der Waals surface area contributed by atoms with Crippen LogP contribution in [0.2, 0.25) is 0 Å². The molecule has 1 atom stereocenters. The Balaban J connectivity index is 1.40. The number of hydrogen-bond donors (Lipinski definition) is 1. The summed E-state index contributed by atoms with van der Waals surface area (Å²) in [6, 6.07) is 5.95. The maximum absolute atomic E-state index is 12.6. The van der Waals surface area contributed by atoms with Crippen molar-refractivity contribution in [2.24, 2.45) is 10.9 Å². The fraction of sp³-hybridized carbons (Fsp3) is 0.667. The van der Waals surface area contributed by atoms with Gasteiger partial charge in [-0.3, -0.25) is 9.79 Å². The van der Waals surface area contributed by atoms with Gasteiger partial charge in [0.25, 0.3) is 0 Å². The number of rotatable bonds is 5. The van der Waals surface area contributed by atoms with Gasteiger partial charge in [0, 0.05) is 76.5 Å². The number of thioether (sulfide) groups is 1. The Morgan fingerprint density at radius 1 is 1.24 bits per heavy atom. The summed E-state index contributed by atoms with van der Waals surface area (Å²) < 4.78 is 0. The Labute approximate surface area is 178 Å². The normalized spacial score (nSPS) is 20.9. The van der Waals surface area contributed by atoms with E-state index in [4.69, 9.17) is 0 Å². The average Bonchev–Trinajstić information content (AvgIpc) is 2.77. The Hall–Kier alpha value is -1.96. The van der Waals surface area contributed by atoms with E-state index in [1.807, 2.05) is 36.3 Å². The summed E-state index contributed by atoms with van der Waals surface area (Å²) in [6.07, 6.45) is 2.31. The van der Waals surface area contributed by atoms with Crippen LogP contribution in [-0.4, -0.2) is 90.5 Å². The number of carbonyl (C=O) groups excluding carboxylic acids is 1. The Morgan fingerprint density at radius 3 is 2.69 bits per heavy atom. The van der Waals surface area contributed by atoms with E-state index in [2.05, 4.69) is 50.7 Å². The largest absolute Gasteiger partial charge is 0.356 e. The van der Waals surface area contributed by atoms with Gasteiger partial charge in [0.2, 0.25) is 5.91 Å². The van der Waals surface area contributed by atoms with Crippen LogP contribution in [0.1, 0.15) is 20.3 Å². The first kappa shape index (κ1) is 21.7. The molecule has 7 nitrogen and oxygen atoms in total. The van der Waals surface area contributed by atoms with E-state index in [-0.39, 0.29) is 5.91 Å². The van der Waals surface area contributed by atoms with Gasteiger partial charge in [-0.2, -0.15) is 11.8 Å². The number of hydrogen-bond acceptors (Lipinski definition) is 5. The molecule has 3 rings (SSSR count). The molecule has 160 valence electrons. The minimum atomic E-state index is 0.211. The topological polar surface area (TPSA) is 64.1 Å². The van der Waals surface area contributed by atoms with Crippen molar-refractivity contribution >= 4 is 29.4 Å². The molecule has 1 aromatic heterocycles. The second-order valence-electron chi connectivity index (χ2n) is 7.88. The first-order valence-electron chi connectivity index (χ1n) is 10.6. The first-order valence-corrected chi connectivity index (χ1v) is 11.6. The molecular formula is C21H34N6OS. The van der Waals surface area contributed by atoms with Gasteiger partial charge in [0.1, 0.15) is 5.82 Å². The number of pyridine rings is 1. The van der Waals surface area contributed by atoms with Crippen LogP contribution in [0.25, 0.3) is 0 Å². The van der Waals surface area contributed by atoms with Crippen LogP contribution in [0.5, 0.6) is 0 Å². The second-order valence-corrected chi connectivity index (χ2v) is 9.23. The zero-order valence-corrected chi connectivity index (χ0v) is 18.7. The van der Waals surface area contributed by atoms with Crippen molar-refractivity contribution in [3.63, 3.8) is 0 Å². The van der Waals surface area contributed by atoms with Crippen molar-refractivity contribution in [2.75, 3.05) is 63.5 Å². The minimum absolute atomic E-state index is 0.211. The monoisotopic (exact) mass is 418 g/mol. The smallest absolute Gasteiger partial charge is 0.224 e. The van der Waals surface area contributed by atoms with Gasteiger partial charge < -0.3 is 20.0 Å². The zero-order valence-electron chi connectivity index (χ0n) is 17.9. The fourth-order valence-corrected chi connectivity index (χ4v) is 5.07. The number of nitrogens with zero attached hydrogens (tertiary/aromatic N) is 5. The lowest BCUT2D eigenvalue weighted by atomic mass is 10.1. The molecule has 0 bridgehead atoms. The quantitative estimate of drug-likeness (QED) is 0.581. The molecular weight excluding hydrogens is 384 g/mol. The number of carbonyl (C=O) groups is 1. The van der Waals surface area contributed by atoms with E-state index in [9.17, 15) is 4.79 Å². The number of anilines is 1. The van der Waals surface area contributed by atoms with Crippen LogP contribution in [0.4, 0.5) is 5.82 Å². The molecule has 0 aromatic carbocycles. The van der Waals surface area contributed by atoms with Crippen molar-refractivity contribution in [1.82, 2.24) is 20.1 Å². The van der Waals surface area contributed by atoms with Crippen LogP contribution in [-0.2, 0) is 4.79 Å². The fourth-order valence-electron chi connectivity index (χ4n) is 3.77. The van der Waals surface area contributed by atoms with E-state index in [1.165, 1.54) is 0 Å². The van der Waals surface area contributed by atoms with Gasteiger partial charge in [-0.1, -0.05) is 19.9 Å². The highest BCUT2D eigenvalue weighted by Gasteiger charge is 2.25. The van der Waals surface area contributed by atoms with Crippen LogP contribution in [0, 0.1) is 5.92 Å². The predicted molar refractivity (Wildman–Crippen MR) is 122 cm³/mol. The van der Waals surface area contributed by atoms with Crippen LogP contribution < -0.4 is 10.2 Å². The summed E-state index contributed by atoms with van der Waals surface area (Å²) in [5.74, 6) is 3.91. The molecule has 2 aliphatic heterocycles. The van der Waals surface area contributed by atoms with Crippen molar-refractivity contribution < 1.29 is 4.79 Å². The minimum Gasteiger partial charge on any atom is -0.356 e. The molecule has 29 heavy (non-hydrogen) atoms. The summed E-state index contributed by atoms with van der Waals surface area (Å²) in [5.41, 5.74) is 0. The molecule has 3 heterocycles. The van der Waals surface area contributed by atoms with Gasteiger partial charge >= 0.3 is 0 Å². The molecule has 1 unspecified atom stereocenters. The molecule has 1 aromatic rings. The van der Waals surface area contributed by atoms with Crippen molar-refractivity contribution in [3.8, 4) is 0 Å². The Kier molecular flexibility index (Phi) is 8.03. The van der Waals surface area contributed by atoms with Gasteiger partial charge in [-0.05, 0) is 18.1 Å². The predicted octanol–water partition coefficient (Wildman–Crippen LogP) is 1.77. The van der Waals surface area contributed by atoms with Crippen molar-refractivity contribution in [2.45, 2.75) is 25.5 Å². The highest BCUT2D eigenvalue weighted by molar-refractivity contribution is 8.00. The Bertz CT molecular complexity index is 675. The molecule has 1 N–H and O–H groups in total. The second kappa shape index (κ2) is 10.7. The van der Waals surface area contributed by atoms with E-state index in [1.54, 1.807) is 0 Å². The third-order valence-electron chi connectivity index (χ3n) is 5.58.